The molecule has 2 amide bonds. The molecule has 6 rings (SSSR count). The SMILES string of the molecule is O=C(c1ccccn1)c1cc(Br)ccc1N1CN(CN2CC(=O)N(c3ccc(Br)cc3C(=O)c3ccccn3)C2)CC1=O. The number of rotatable bonds is 8. The molecule has 4 aromatic rings. The molecule has 2 aromatic heterocycles. The van der Waals surface area contributed by atoms with Crippen LogP contribution in [0.5, 0.6) is 0 Å². The lowest BCUT2D eigenvalue weighted by Gasteiger charge is -2.25. The highest BCUT2D eigenvalue weighted by atomic mass is 79.9. The molecule has 216 valence electrons. The van der Waals surface area contributed by atoms with Crippen LogP contribution in [-0.4, -0.2) is 76.2 Å². The van der Waals surface area contributed by atoms with Crippen molar-refractivity contribution in [2.75, 3.05) is 42.9 Å². The van der Waals surface area contributed by atoms with E-state index in [1.54, 1.807) is 95.0 Å². The lowest BCUT2D eigenvalue weighted by molar-refractivity contribution is -0.117. The highest BCUT2D eigenvalue weighted by Crippen LogP contribution is 2.31. The number of aromatic nitrogens is 2. The van der Waals surface area contributed by atoms with E-state index in [0.29, 0.717) is 38.1 Å². The second kappa shape index (κ2) is 12.3. The molecule has 4 heterocycles. The highest BCUT2D eigenvalue weighted by Gasteiger charge is 2.36. The summed E-state index contributed by atoms with van der Waals surface area (Å²) >= 11 is 6.87. The van der Waals surface area contributed by atoms with Crippen molar-refractivity contribution in [3.05, 3.63) is 117 Å². The number of nitrogens with zero attached hydrogens (tertiary/aromatic N) is 6. The van der Waals surface area contributed by atoms with Gasteiger partial charge in [0.1, 0.15) is 11.4 Å². The van der Waals surface area contributed by atoms with Gasteiger partial charge >= 0.3 is 0 Å². The van der Waals surface area contributed by atoms with Crippen LogP contribution in [0.2, 0.25) is 0 Å². The zero-order valence-electron chi connectivity index (χ0n) is 22.7. The van der Waals surface area contributed by atoms with E-state index in [4.69, 9.17) is 0 Å². The Morgan fingerprint density at radius 3 is 1.49 bits per heavy atom. The number of halogens is 2. The molecule has 2 aliphatic heterocycles. The maximum absolute atomic E-state index is 13.3. The van der Waals surface area contributed by atoms with E-state index in [9.17, 15) is 19.2 Å². The maximum Gasteiger partial charge on any atom is 0.242 e. The molecule has 2 aromatic carbocycles. The molecule has 0 spiro atoms. The summed E-state index contributed by atoms with van der Waals surface area (Å²) in [4.78, 5) is 68.4. The van der Waals surface area contributed by atoms with E-state index in [-0.39, 0.29) is 61.2 Å². The monoisotopic (exact) mass is 702 g/mol. The molecule has 0 radical (unpaired) electrons. The summed E-state index contributed by atoms with van der Waals surface area (Å²) < 4.78 is 1.42. The lowest BCUT2D eigenvalue weighted by atomic mass is 10.0. The van der Waals surface area contributed by atoms with E-state index in [2.05, 4.69) is 41.8 Å². The van der Waals surface area contributed by atoms with Crippen molar-refractivity contribution >= 4 is 66.6 Å². The number of carbonyl (C=O) groups is 4. The van der Waals surface area contributed by atoms with Crippen LogP contribution in [0.1, 0.15) is 32.1 Å². The number of pyridine rings is 2. The summed E-state index contributed by atoms with van der Waals surface area (Å²) in [5.74, 6) is -0.879. The summed E-state index contributed by atoms with van der Waals surface area (Å²) in [6.07, 6.45) is 3.11. The fourth-order valence-corrected chi connectivity index (χ4v) is 5.95. The van der Waals surface area contributed by atoms with Gasteiger partial charge in [0, 0.05) is 32.5 Å². The quantitative estimate of drug-likeness (QED) is 0.250. The van der Waals surface area contributed by atoms with Crippen molar-refractivity contribution in [2.24, 2.45) is 0 Å². The van der Waals surface area contributed by atoms with Crippen LogP contribution in [0.15, 0.2) is 94.1 Å². The highest BCUT2D eigenvalue weighted by molar-refractivity contribution is 9.10. The molecule has 0 unspecified atom stereocenters. The van der Waals surface area contributed by atoms with E-state index in [1.807, 2.05) is 9.80 Å². The van der Waals surface area contributed by atoms with Gasteiger partial charge in [-0.1, -0.05) is 44.0 Å². The molecule has 0 bridgehead atoms. The second-order valence-corrected chi connectivity index (χ2v) is 12.0. The van der Waals surface area contributed by atoms with Crippen molar-refractivity contribution in [1.82, 2.24) is 19.8 Å². The predicted molar refractivity (Wildman–Crippen MR) is 167 cm³/mol. The zero-order valence-corrected chi connectivity index (χ0v) is 25.9. The van der Waals surface area contributed by atoms with Crippen LogP contribution in [0.25, 0.3) is 0 Å². The molecule has 10 nitrogen and oxygen atoms in total. The minimum absolute atomic E-state index is 0.125. The van der Waals surface area contributed by atoms with Crippen LogP contribution >= 0.6 is 31.9 Å². The Labute approximate surface area is 264 Å². The summed E-state index contributed by atoms with van der Waals surface area (Å²) in [5.41, 5.74) is 2.30. The van der Waals surface area contributed by atoms with Crippen molar-refractivity contribution in [3.8, 4) is 0 Å². The van der Waals surface area contributed by atoms with Gasteiger partial charge in [-0.3, -0.25) is 48.7 Å². The summed E-state index contributed by atoms with van der Waals surface area (Å²) in [7, 11) is 0. The van der Waals surface area contributed by atoms with E-state index >= 15 is 0 Å². The fraction of sp³-hybridized carbons (Fsp3) is 0.161. The molecule has 0 N–H and O–H groups in total. The maximum atomic E-state index is 13.3. The lowest BCUT2D eigenvalue weighted by Crippen LogP contribution is -2.37. The van der Waals surface area contributed by atoms with Gasteiger partial charge in [-0.25, -0.2) is 0 Å². The summed E-state index contributed by atoms with van der Waals surface area (Å²) in [6, 6.07) is 20.7. The fourth-order valence-electron chi connectivity index (χ4n) is 5.23. The third kappa shape index (κ3) is 6.04. The van der Waals surface area contributed by atoms with Crippen molar-refractivity contribution in [2.45, 2.75) is 0 Å². The standard InChI is InChI=1S/C31H24Br2N6O4/c32-20-7-9-26(22(13-20)30(42)24-5-1-3-11-34-24)38-18-36(15-28(38)40)17-37-16-29(41)39(19-37)27-10-8-21(33)14-23(27)31(43)25-6-2-4-12-35-25/h1-14H,15-19H2. The van der Waals surface area contributed by atoms with E-state index in [1.165, 1.54) is 0 Å². The normalized spacial score (nSPS) is 15.9. The molecule has 2 fully saturated rings. The van der Waals surface area contributed by atoms with Gasteiger partial charge in [0.05, 0.1) is 44.5 Å². The van der Waals surface area contributed by atoms with Crippen LogP contribution in [0.3, 0.4) is 0 Å². The average Bonchev–Trinajstić information content (AvgIpc) is 3.57. The molecule has 0 atom stereocenters. The Morgan fingerprint density at radius 1 is 0.651 bits per heavy atom. The number of hydrogen-bond acceptors (Lipinski definition) is 8. The first kappa shape index (κ1) is 29.0. The first-order chi connectivity index (χ1) is 20.8. The van der Waals surface area contributed by atoms with Crippen LogP contribution in [-0.2, 0) is 9.59 Å². The second-order valence-electron chi connectivity index (χ2n) is 10.1. The first-order valence-electron chi connectivity index (χ1n) is 13.3. The topological polar surface area (TPSA) is 107 Å². The number of ketones is 2. The molecule has 0 saturated carbocycles. The van der Waals surface area contributed by atoms with Gasteiger partial charge in [-0.05, 0) is 60.7 Å². The third-order valence-corrected chi connectivity index (χ3v) is 8.17. The van der Waals surface area contributed by atoms with E-state index in [0.717, 1.165) is 0 Å². The van der Waals surface area contributed by atoms with Crippen molar-refractivity contribution in [3.63, 3.8) is 0 Å². The number of benzene rings is 2. The summed E-state index contributed by atoms with van der Waals surface area (Å²) in [6.45, 7) is 1.08. The molecule has 43 heavy (non-hydrogen) atoms. The van der Waals surface area contributed by atoms with Crippen LogP contribution in [0, 0.1) is 0 Å². The van der Waals surface area contributed by atoms with Crippen LogP contribution < -0.4 is 9.80 Å². The van der Waals surface area contributed by atoms with Crippen LogP contribution in [0.4, 0.5) is 11.4 Å². The van der Waals surface area contributed by atoms with E-state index < -0.39 is 0 Å². The Morgan fingerprint density at radius 2 is 1.09 bits per heavy atom. The molecular weight excluding hydrogens is 680 g/mol. The minimum atomic E-state index is -0.283. The Balaban J connectivity index is 1.19. The number of carbonyl (C=O) groups excluding carboxylic acids is 4. The summed E-state index contributed by atoms with van der Waals surface area (Å²) in [5, 5.41) is 0. The Hall–Kier alpha value is -4.10. The van der Waals surface area contributed by atoms with Gasteiger partial charge in [-0.15, -0.1) is 0 Å². The van der Waals surface area contributed by atoms with Gasteiger partial charge in [-0.2, -0.15) is 0 Å². The predicted octanol–water partition coefficient (Wildman–Crippen LogP) is 4.33. The average molecular weight is 704 g/mol. The molecule has 0 aliphatic carbocycles. The number of hydrogen-bond donors (Lipinski definition) is 0. The van der Waals surface area contributed by atoms with Gasteiger partial charge in [0.25, 0.3) is 0 Å². The molecular formula is C31H24Br2N6O4. The van der Waals surface area contributed by atoms with Crippen molar-refractivity contribution in [1.29, 1.82) is 0 Å². The number of amides is 2. The van der Waals surface area contributed by atoms with Gasteiger partial charge in [0.2, 0.25) is 23.4 Å². The Kier molecular flexibility index (Phi) is 8.26. The third-order valence-electron chi connectivity index (χ3n) is 7.19. The van der Waals surface area contributed by atoms with Gasteiger partial charge < -0.3 is 0 Å². The largest absolute Gasteiger partial charge is 0.297 e. The molecule has 2 saturated heterocycles. The molecule has 12 heteroatoms. The number of anilines is 2. The molecule has 2 aliphatic rings. The van der Waals surface area contributed by atoms with Gasteiger partial charge in [0.15, 0.2) is 0 Å². The first-order valence-corrected chi connectivity index (χ1v) is 14.9. The Bertz CT molecular complexity index is 1610. The van der Waals surface area contributed by atoms with Crippen molar-refractivity contribution < 1.29 is 19.2 Å². The minimum Gasteiger partial charge on any atom is -0.297 e. The smallest absolute Gasteiger partial charge is 0.242 e. The zero-order chi connectivity index (χ0) is 30.1.